The molecule has 3 aromatic carbocycles. The zero-order valence-corrected chi connectivity index (χ0v) is 20.9. The monoisotopic (exact) mass is 536 g/mol. The van der Waals surface area contributed by atoms with Gasteiger partial charge in [-0.25, -0.2) is 14.5 Å². The molecule has 7 nitrogen and oxygen atoms in total. The van der Waals surface area contributed by atoms with Crippen LogP contribution in [0.5, 0.6) is 0 Å². The number of amides is 1. The van der Waals surface area contributed by atoms with E-state index in [9.17, 15) is 18.0 Å². The molecule has 10 heteroatoms. The Balaban J connectivity index is 1.33. The number of carbonyl (C=O) groups is 1. The molecule has 0 radical (unpaired) electrons. The van der Waals surface area contributed by atoms with Gasteiger partial charge in [-0.3, -0.25) is 9.36 Å². The van der Waals surface area contributed by atoms with Crippen LogP contribution in [0.2, 0.25) is 0 Å². The van der Waals surface area contributed by atoms with E-state index < -0.39 is 17.6 Å². The summed E-state index contributed by atoms with van der Waals surface area (Å²) in [5.41, 5.74) is 3.50. The summed E-state index contributed by atoms with van der Waals surface area (Å²) < 4.78 is 44.5. The van der Waals surface area contributed by atoms with Gasteiger partial charge in [-0.15, -0.1) is 0 Å². The van der Waals surface area contributed by atoms with Gasteiger partial charge < -0.3 is 5.32 Å². The summed E-state index contributed by atoms with van der Waals surface area (Å²) in [6, 6.07) is 19.0. The number of aromatic nitrogens is 5. The quantitative estimate of drug-likeness (QED) is 0.280. The van der Waals surface area contributed by atoms with Crippen LogP contribution in [0.1, 0.15) is 32.7 Å². The zero-order valence-electron chi connectivity index (χ0n) is 20.9. The van der Waals surface area contributed by atoms with Crippen molar-refractivity contribution in [3.05, 3.63) is 119 Å². The summed E-state index contributed by atoms with van der Waals surface area (Å²) in [5, 5.41) is 6.85. The van der Waals surface area contributed by atoms with Crippen LogP contribution in [0.3, 0.4) is 0 Å². The van der Waals surface area contributed by atoms with Crippen molar-refractivity contribution in [1.29, 1.82) is 0 Å². The molecule has 40 heavy (non-hydrogen) atoms. The zero-order chi connectivity index (χ0) is 27.9. The molecule has 6 aromatic rings. The summed E-state index contributed by atoms with van der Waals surface area (Å²) in [7, 11) is 0. The van der Waals surface area contributed by atoms with Gasteiger partial charge in [-0.1, -0.05) is 24.1 Å². The molecule has 0 fully saturated rings. The average Bonchev–Trinajstić information content (AvgIpc) is 3.56. The lowest BCUT2D eigenvalue weighted by molar-refractivity contribution is -0.137. The number of benzene rings is 3. The van der Waals surface area contributed by atoms with Crippen LogP contribution < -0.4 is 5.32 Å². The van der Waals surface area contributed by atoms with Crippen LogP contribution in [-0.4, -0.2) is 30.1 Å². The number of nitrogens with zero attached hydrogens (tertiary/aromatic N) is 5. The van der Waals surface area contributed by atoms with Gasteiger partial charge in [0.1, 0.15) is 12.0 Å². The first-order chi connectivity index (χ1) is 19.3. The summed E-state index contributed by atoms with van der Waals surface area (Å²) in [4.78, 5) is 21.7. The smallest absolute Gasteiger partial charge is 0.322 e. The Bertz CT molecular complexity index is 1980. The molecule has 3 aromatic heterocycles. The number of hydrogen-bond acceptors (Lipinski definition) is 4. The summed E-state index contributed by atoms with van der Waals surface area (Å²) in [6.07, 6.45) is 0.0710. The maximum atomic E-state index is 13.8. The number of rotatable bonds is 3. The lowest BCUT2D eigenvalue weighted by Gasteiger charge is -2.14. The largest absolute Gasteiger partial charge is 0.416 e. The third-order valence-corrected chi connectivity index (χ3v) is 6.34. The predicted octanol–water partition coefficient (Wildman–Crippen LogP) is 6.05. The van der Waals surface area contributed by atoms with Gasteiger partial charge in [0.15, 0.2) is 5.65 Å². The number of para-hydroxylation sites is 2. The van der Waals surface area contributed by atoms with Crippen LogP contribution in [0.25, 0.3) is 22.4 Å². The van der Waals surface area contributed by atoms with Crippen molar-refractivity contribution in [2.45, 2.75) is 13.1 Å². The fourth-order valence-electron chi connectivity index (χ4n) is 4.30. The summed E-state index contributed by atoms with van der Waals surface area (Å²) in [6.45, 7) is 1.85. The third-order valence-electron chi connectivity index (χ3n) is 6.34. The van der Waals surface area contributed by atoms with Crippen molar-refractivity contribution in [3.63, 3.8) is 0 Å². The van der Waals surface area contributed by atoms with E-state index in [2.05, 4.69) is 32.2 Å². The minimum atomic E-state index is -4.62. The highest BCUT2D eigenvalue weighted by atomic mass is 19.4. The Hall–Kier alpha value is -5.43. The van der Waals surface area contributed by atoms with Crippen LogP contribution in [-0.2, 0) is 6.18 Å². The van der Waals surface area contributed by atoms with E-state index in [1.165, 1.54) is 12.4 Å². The number of halogens is 3. The van der Waals surface area contributed by atoms with E-state index in [0.29, 0.717) is 27.9 Å². The second kappa shape index (κ2) is 9.71. The van der Waals surface area contributed by atoms with Crippen LogP contribution in [0, 0.1) is 18.8 Å². The topological polar surface area (TPSA) is 77.1 Å². The first-order valence-corrected chi connectivity index (χ1v) is 12.1. The first kappa shape index (κ1) is 24.9. The average molecular weight is 537 g/mol. The Kier molecular flexibility index (Phi) is 6.04. The van der Waals surface area contributed by atoms with Crippen molar-refractivity contribution in [2.24, 2.45) is 0 Å². The van der Waals surface area contributed by atoms with Gasteiger partial charge in [0.25, 0.3) is 5.91 Å². The second-order valence-corrected chi connectivity index (χ2v) is 9.04. The van der Waals surface area contributed by atoms with Crippen molar-refractivity contribution in [3.8, 4) is 17.5 Å². The molecular formula is C30H19F3N6O. The molecule has 0 saturated carbocycles. The number of alkyl halides is 3. The van der Waals surface area contributed by atoms with Gasteiger partial charge in [0.2, 0.25) is 0 Å². The second-order valence-electron chi connectivity index (χ2n) is 9.04. The van der Waals surface area contributed by atoms with Crippen molar-refractivity contribution >= 4 is 28.3 Å². The number of nitrogens with one attached hydrogen (secondary N) is 1. The number of fused-ring (bicyclic) bond motifs is 2. The van der Waals surface area contributed by atoms with Gasteiger partial charge in [-0.2, -0.15) is 18.3 Å². The van der Waals surface area contributed by atoms with Crippen LogP contribution in [0.4, 0.5) is 18.9 Å². The first-order valence-electron chi connectivity index (χ1n) is 12.1. The lowest BCUT2D eigenvalue weighted by Crippen LogP contribution is -2.14. The van der Waals surface area contributed by atoms with Gasteiger partial charge in [0, 0.05) is 28.7 Å². The number of hydrogen-bond donors (Lipinski definition) is 1. The Morgan fingerprint density at radius 2 is 1.80 bits per heavy atom. The van der Waals surface area contributed by atoms with E-state index in [1.807, 2.05) is 13.0 Å². The Labute approximate surface area is 225 Å². The fraction of sp³-hybridized carbons (Fsp3) is 0.0667. The highest BCUT2D eigenvalue weighted by Crippen LogP contribution is 2.34. The van der Waals surface area contributed by atoms with E-state index in [1.54, 1.807) is 70.0 Å². The lowest BCUT2D eigenvalue weighted by atomic mass is 10.0. The normalized spacial score (nSPS) is 11.4. The maximum Gasteiger partial charge on any atom is 0.416 e. The van der Waals surface area contributed by atoms with Gasteiger partial charge in [-0.05, 0) is 73.0 Å². The Morgan fingerprint density at radius 3 is 2.65 bits per heavy atom. The molecule has 0 aliphatic rings. The third kappa shape index (κ3) is 4.76. The van der Waals surface area contributed by atoms with Crippen molar-refractivity contribution in [1.82, 2.24) is 24.1 Å². The fourth-order valence-corrected chi connectivity index (χ4v) is 4.30. The molecule has 3 heterocycles. The van der Waals surface area contributed by atoms with Crippen LogP contribution >= 0.6 is 0 Å². The molecule has 0 aliphatic carbocycles. The molecule has 196 valence electrons. The number of carbonyl (C=O) groups excluding carboxylic acids is 1. The van der Waals surface area contributed by atoms with E-state index >= 15 is 0 Å². The van der Waals surface area contributed by atoms with E-state index in [0.717, 1.165) is 17.7 Å². The molecule has 0 atom stereocenters. The summed E-state index contributed by atoms with van der Waals surface area (Å²) >= 11 is 0. The van der Waals surface area contributed by atoms with Gasteiger partial charge in [0.05, 0.1) is 22.8 Å². The molecule has 0 saturated heterocycles. The molecular weight excluding hydrogens is 517 g/mol. The minimum Gasteiger partial charge on any atom is -0.322 e. The van der Waals surface area contributed by atoms with Crippen LogP contribution in [0.15, 0.2) is 91.5 Å². The van der Waals surface area contributed by atoms with E-state index in [-0.39, 0.29) is 16.9 Å². The predicted molar refractivity (Wildman–Crippen MR) is 144 cm³/mol. The number of imidazole rings is 2. The van der Waals surface area contributed by atoms with Gasteiger partial charge >= 0.3 is 6.18 Å². The molecule has 0 spiro atoms. The maximum absolute atomic E-state index is 13.8. The molecule has 1 N–H and O–H groups in total. The highest BCUT2D eigenvalue weighted by molar-refractivity contribution is 6.04. The number of anilines is 1. The molecule has 1 amide bonds. The molecule has 0 unspecified atom stereocenters. The molecule has 6 rings (SSSR count). The summed E-state index contributed by atoms with van der Waals surface area (Å²) in [5.74, 6) is 5.51. The minimum absolute atomic E-state index is 0.00220. The standard InChI is InChI=1S/C30H19F3N6O/c1-19-8-9-21(13-20(19)10-11-24-17-34-28-7-4-12-36-39(24)28)29(40)37-23-14-22(30(31,32)33)15-25(16-23)38-18-35-26-5-2-3-6-27(26)38/h2-9,12-18H,1H3,(H,37,40). The number of aryl methyl sites for hydroxylation is 1. The SMILES string of the molecule is Cc1ccc(C(=O)Nc2cc(-n3cnc4ccccc43)cc(C(F)(F)F)c2)cc1C#Cc1cnc2cccnn12. The van der Waals surface area contributed by atoms with E-state index in [4.69, 9.17) is 0 Å². The van der Waals surface area contributed by atoms with Crippen molar-refractivity contribution in [2.75, 3.05) is 5.32 Å². The molecule has 0 aliphatic heterocycles. The van der Waals surface area contributed by atoms with Crippen molar-refractivity contribution < 1.29 is 18.0 Å². The Morgan fingerprint density at radius 1 is 0.950 bits per heavy atom. The highest BCUT2D eigenvalue weighted by Gasteiger charge is 2.31. The molecule has 0 bridgehead atoms.